The van der Waals surface area contributed by atoms with E-state index in [2.05, 4.69) is 5.32 Å². The lowest BCUT2D eigenvalue weighted by Gasteiger charge is -2.15. The number of nitriles is 1. The molecule has 0 aromatic heterocycles. The molecule has 0 heterocycles. The Balaban J connectivity index is 2.15. The summed E-state index contributed by atoms with van der Waals surface area (Å²) >= 11 is 0. The van der Waals surface area contributed by atoms with Gasteiger partial charge in [-0.3, -0.25) is 4.79 Å². The van der Waals surface area contributed by atoms with Gasteiger partial charge in [-0.05, 0) is 31.2 Å². The van der Waals surface area contributed by atoms with E-state index >= 15 is 0 Å². The minimum atomic E-state index is -3.63. The molecule has 0 saturated heterocycles. The molecule has 7 nitrogen and oxygen atoms in total. The van der Waals surface area contributed by atoms with Crippen molar-refractivity contribution in [3.63, 3.8) is 0 Å². The van der Waals surface area contributed by atoms with Crippen molar-refractivity contribution in [2.24, 2.45) is 0 Å². The molecule has 0 saturated carbocycles. The summed E-state index contributed by atoms with van der Waals surface area (Å²) in [6.07, 6.45) is -0.212. The molecule has 1 atom stereocenters. The highest BCUT2D eigenvalue weighted by Crippen LogP contribution is 2.18. The molecule has 1 amide bonds. The molecular weight excluding hydrogens is 356 g/mol. The molecule has 0 aliphatic heterocycles. The Hall–Kier alpha value is -3.18. The summed E-state index contributed by atoms with van der Waals surface area (Å²) in [5.74, 6) is -1.57. The number of benzene rings is 2. The summed E-state index contributed by atoms with van der Waals surface area (Å²) in [6.45, 7) is 1.35. The van der Waals surface area contributed by atoms with Gasteiger partial charge in [-0.15, -0.1) is 0 Å². The van der Waals surface area contributed by atoms with Gasteiger partial charge in [0.05, 0.1) is 21.7 Å². The fraction of sp³-hybridized carbons (Fsp3) is 0.167. The number of ether oxygens (including phenoxy) is 1. The maximum Gasteiger partial charge on any atom is 0.340 e. The molecule has 8 heteroatoms. The maximum absolute atomic E-state index is 12.3. The molecule has 0 fully saturated rings. The molecule has 0 aliphatic carbocycles. The number of sulfone groups is 1. The highest BCUT2D eigenvalue weighted by Gasteiger charge is 2.24. The number of para-hydroxylation sites is 1. The van der Waals surface area contributed by atoms with Crippen LogP contribution in [0.4, 0.5) is 5.69 Å². The molecule has 0 unspecified atom stereocenters. The Bertz CT molecular complexity index is 993. The number of nitrogens with one attached hydrogen (secondary N) is 1. The van der Waals surface area contributed by atoms with Crippen molar-refractivity contribution in [1.82, 2.24) is 0 Å². The zero-order valence-electron chi connectivity index (χ0n) is 14.1. The summed E-state index contributed by atoms with van der Waals surface area (Å²) < 4.78 is 28.6. The van der Waals surface area contributed by atoms with Gasteiger partial charge in [-0.25, -0.2) is 13.2 Å². The van der Waals surface area contributed by atoms with Crippen LogP contribution in [0.1, 0.15) is 22.8 Å². The van der Waals surface area contributed by atoms with E-state index in [1.807, 2.05) is 6.07 Å². The topological polar surface area (TPSA) is 113 Å². The first-order valence-electron chi connectivity index (χ1n) is 7.54. The van der Waals surface area contributed by atoms with Gasteiger partial charge in [0.2, 0.25) is 0 Å². The van der Waals surface area contributed by atoms with Gasteiger partial charge < -0.3 is 10.1 Å². The first-order valence-corrected chi connectivity index (χ1v) is 9.43. The normalized spacial score (nSPS) is 11.9. The number of amides is 1. The third-order valence-electron chi connectivity index (χ3n) is 3.46. The molecular formula is C18H16N2O5S. The molecule has 0 aliphatic rings. The van der Waals surface area contributed by atoms with Gasteiger partial charge in [0.15, 0.2) is 15.9 Å². The molecule has 2 aromatic rings. The van der Waals surface area contributed by atoms with Crippen molar-refractivity contribution in [2.45, 2.75) is 17.9 Å². The Morgan fingerprint density at radius 1 is 1.12 bits per heavy atom. The molecule has 2 aromatic carbocycles. The summed E-state index contributed by atoms with van der Waals surface area (Å²) in [4.78, 5) is 24.3. The van der Waals surface area contributed by atoms with Crippen molar-refractivity contribution in [2.75, 3.05) is 11.6 Å². The lowest BCUT2D eigenvalue weighted by atomic mass is 10.2. The summed E-state index contributed by atoms with van der Waals surface area (Å²) in [5.41, 5.74) is 0.410. The molecule has 1 N–H and O–H groups in total. The molecule has 2 rings (SSSR count). The average Bonchev–Trinajstić information content (AvgIpc) is 2.61. The van der Waals surface area contributed by atoms with E-state index in [1.54, 1.807) is 18.2 Å². The van der Waals surface area contributed by atoms with E-state index in [1.165, 1.54) is 37.3 Å². The van der Waals surface area contributed by atoms with Crippen LogP contribution in [0.2, 0.25) is 0 Å². The van der Waals surface area contributed by atoms with Crippen molar-refractivity contribution in [1.29, 1.82) is 5.26 Å². The zero-order valence-corrected chi connectivity index (χ0v) is 14.9. The molecule has 0 spiro atoms. The summed E-state index contributed by atoms with van der Waals surface area (Å²) in [7, 11) is -3.63. The first kappa shape index (κ1) is 19.1. The predicted molar refractivity (Wildman–Crippen MR) is 94.2 cm³/mol. The fourth-order valence-electron chi connectivity index (χ4n) is 2.16. The van der Waals surface area contributed by atoms with Gasteiger partial charge in [0.1, 0.15) is 6.07 Å². The number of esters is 1. The molecule has 0 bridgehead atoms. The lowest BCUT2D eigenvalue weighted by molar-refractivity contribution is -0.123. The standard InChI is InChI=1S/C18H16N2O5S/c1-12(17(21)20-15-9-5-3-7-13(15)11-19)25-18(22)14-8-4-6-10-16(14)26(2,23)24/h3-10,12H,1-2H3,(H,20,21)/t12-/m0/s1. The third kappa shape index (κ3) is 4.46. The lowest BCUT2D eigenvalue weighted by Crippen LogP contribution is -2.30. The van der Waals surface area contributed by atoms with Crippen LogP contribution in [0, 0.1) is 11.3 Å². The van der Waals surface area contributed by atoms with E-state index < -0.39 is 27.8 Å². The van der Waals surface area contributed by atoms with E-state index in [0.717, 1.165) is 6.26 Å². The van der Waals surface area contributed by atoms with Crippen LogP contribution in [-0.2, 0) is 19.4 Å². The monoisotopic (exact) mass is 372 g/mol. The van der Waals surface area contributed by atoms with Gasteiger partial charge in [0.25, 0.3) is 5.91 Å². The van der Waals surface area contributed by atoms with Gasteiger partial charge in [-0.1, -0.05) is 24.3 Å². The molecule has 26 heavy (non-hydrogen) atoms. The second-order valence-electron chi connectivity index (χ2n) is 5.46. The average molecular weight is 372 g/mol. The van der Waals surface area contributed by atoms with Crippen molar-refractivity contribution >= 4 is 27.4 Å². The van der Waals surface area contributed by atoms with E-state index in [0.29, 0.717) is 5.69 Å². The minimum absolute atomic E-state index is 0.146. The van der Waals surface area contributed by atoms with Crippen molar-refractivity contribution in [3.05, 3.63) is 59.7 Å². The second-order valence-corrected chi connectivity index (χ2v) is 7.45. The van der Waals surface area contributed by atoms with E-state index in [9.17, 15) is 18.0 Å². The number of carbonyl (C=O) groups is 2. The second kappa shape index (κ2) is 7.80. The van der Waals surface area contributed by atoms with Crippen LogP contribution in [-0.4, -0.2) is 32.7 Å². The Morgan fingerprint density at radius 3 is 2.38 bits per heavy atom. The summed E-state index contributed by atoms with van der Waals surface area (Å²) in [6, 6.07) is 13.9. The van der Waals surface area contributed by atoms with Crippen molar-refractivity contribution < 1.29 is 22.7 Å². The van der Waals surface area contributed by atoms with E-state index in [-0.39, 0.29) is 16.0 Å². The van der Waals surface area contributed by atoms with Crippen LogP contribution in [0.5, 0.6) is 0 Å². The SMILES string of the molecule is C[C@H](OC(=O)c1ccccc1S(C)(=O)=O)C(=O)Nc1ccccc1C#N. The van der Waals surface area contributed by atoms with Crippen LogP contribution >= 0.6 is 0 Å². The van der Waals surface area contributed by atoms with Crippen LogP contribution in [0.25, 0.3) is 0 Å². The predicted octanol–water partition coefficient (Wildman–Crippen LogP) is 2.15. The number of hydrogen-bond donors (Lipinski definition) is 1. The quantitative estimate of drug-likeness (QED) is 0.805. The zero-order chi connectivity index (χ0) is 19.3. The Kier molecular flexibility index (Phi) is 5.75. The number of nitrogens with zero attached hydrogens (tertiary/aromatic N) is 1. The first-order chi connectivity index (χ1) is 12.2. The highest BCUT2D eigenvalue weighted by atomic mass is 32.2. The maximum atomic E-state index is 12.3. The van der Waals surface area contributed by atoms with Crippen LogP contribution in [0.15, 0.2) is 53.4 Å². The fourth-order valence-corrected chi connectivity index (χ4v) is 3.04. The van der Waals surface area contributed by atoms with Crippen molar-refractivity contribution in [3.8, 4) is 6.07 Å². The third-order valence-corrected chi connectivity index (χ3v) is 4.62. The smallest absolute Gasteiger partial charge is 0.340 e. The van der Waals surface area contributed by atoms with Crippen LogP contribution < -0.4 is 5.32 Å². The molecule has 0 radical (unpaired) electrons. The highest BCUT2D eigenvalue weighted by molar-refractivity contribution is 7.90. The minimum Gasteiger partial charge on any atom is -0.449 e. The number of hydrogen-bond acceptors (Lipinski definition) is 6. The summed E-state index contributed by atoms with van der Waals surface area (Å²) in [5, 5.41) is 11.5. The van der Waals surface area contributed by atoms with Gasteiger partial charge >= 0.3 is 5.97 Å². The Morgan fingerprint density at radius 2 is 1.73 bits per heavy atom. The number of carbonyl (C=O) groups excluding carboxylic acids is 2. The van der Waals surface area contributed by atoms with Crippen LogP contribution in [0.3, 0.4) is 0 Å². The van der Waals surface area contributed by atoms with Gasteiger partial charge in [-0.2, -0.15) is 5.26 Å². The number of anilines is 1. The van der Waals surface area contributed by atoms with E-state index in [4.69, 9.17) is 10.00 Å². The largest absolute Gasteiger partial charge is 0.449 e. The number of rotatable bonds is 5. The Labute approximate surface area is 151 Å². The molecule has 134 valence electrons. The van der Waals surface area contributed by atoms with Gasteiger partial charge in [0, 0.05) is 6.26 Å².